The highest BCUT2D eigenvalue weighted by molar-refractivity contribution is 5.73. The molecule has 0 bridgehead atoms. The van der Waals surface area contributed by atoms with E-state index in [1.54, 1.807) is 6.92 Å². The minimum absolute atomic E-state index is 0.166. The van der Waals surface area contributed by atoms with Crippen molar-refractivity contribution in [1.29, 1.82) is 0 Å². The van der Waals surface area contributed by atoms with Crippen molar-refractivity contribution in [1.82, 2.24) is 4.90 Å². The molecule has 1 rings (SSSR count). The molecule has 3 nitrogen and oxygen atoms in total. The number of nitrogens with zero attached hydrogens (tertiary/aromatic N) is 1. The fourth-order valence-electron chi connectivity index (χ4n) is 1.93. The second-order valence-electron chi connectivity index (χ2n) is 4.11. The van der Waals surface area contributed by atoms with E-state index in [0.29, 0.717) is 6.10 Å². The number of amides is 1. The molecule has 0 spiro atoms. The highest BCUT2D eigenvalue weighted by Crippen LogP contribution is 2.15. The van der Waals surface area contributed by atoms with Gasteiger partial charge in [0.2, 0.25) is 5.91 Å². The summed E-state index contributed by atoms with van der Waals surface area (Å²) in [7, 11) is 0. The number of carbonyl (C=O) groups excluding carboxylic acids is 1. The van der Waals surface area contributed by atoms with E-state index in [1.165, 1.54) is 0 Å². The van der Waals surface area contributed by atoms with Crippen molar-refractivity contribution in [2.24, 2.45) is 0 Å². The summed E-state index contributed by atoms with van der Waals surface area (Å²) in [5.74, 6) is 0.166. The SMILES string of the molecule is CCCC(C)O[C@H]1CCN(C(C)=O)C1. The Bertz CT molecular complexity index is 194. The number of hydrogen-bond acceptors (Lipinski definition) is 2. The third kappa shape index (κ3) is 3.29. The molecule has 1 heterocycles. The Balaban J connectivity index is 2.25. The molecule has 1 amide bonds. The molecule has 0 aliphatic carbocycles. The van der Waals surface area contributed by atoms with Crippen LogP contribution in [0.3, 0.4) is 0 Å². The molecule has 1 saturated heterocycles. The third-order valence-electron chi connectivity index (χ3n) is 2.71. The van der Waals surface area contributed by atoms with Gasteiger partial charge < -0.3 is 9.64 Å². The van der Waals surface area contributed by atoms with Crippen molar-refractivity contribution in [3.05, 3.63) is 0 Å². The largest absolute Gasteiger partial charge is 0.373 e. The molecule has 14 heavy (non-hydrogen) atoms. The lowest BCUT2D eigenvalue weighted by atomic mass is 10.2. The quantitative estimate of drug-likeness (QED) is 0.691. The molecule has 1 aliphatic heterocycles. The van der Waals surface area contributed by atoms with E-state index in [0.717, 1.165) is 32.4 Å². The van der Waals surface area contributed by atoms with Crippen molar-refractivity contribution in [2.45, 2.75) is 52.2 Å². The maximum atomic E-state index is 11.1. The molecule has 1 fully saturated rings. The normalized spacial score (nSPS) is 23.9. The first-order chi connectivity index (χ1) is 6.63. The van der Waals surface area contributed by atoms with Crippen LogP contribution < -0.4 is 0 Å². The standard InChI is InChI=1S/C11H21NO2/c1-4-5-9(2)14-11-6-7-12(8-11)10(3)13/h9,11H,4-8H2,1-3H3/t9?,11-/m0/s1. The van der Waals surface area contributed by atoms with Crippen LogP contribution in [0.4, 0.5) is 0 Å². The van der Waals surface area contributed by atoms with E-state index in [1.807, 2.05) is 4.90 Å². The summed E-state index contributed by atoms with van der Waals surface area (Å²) in [4.78, 5) is 12.9. The summed E-state index contributed by atoms with van der Waals surface area (Å²) < 4.78 is 5.84. The number of hydrogen-bond donors (Lipinski definition) is 0. The number of likely N-dealkylation sites (tertiary alicyclic amines) is 1. The molecule has 3 heteroatoms. The highest BCUT2D eigenvalue weighted by atomic mass is 16.5. The van der Waals surface area contributed by atoms with Gasteiger partial charge in [-0.25, -0.2) is 0 Å². The van der Waals surface area contributed by atoms with Crippen molar-refractivity contribution < 1.29 is 9.53 Å². The van der Waals surface area contributed by atoms with Crippen LogP contribution in [0.15, 0.2) is 0 Å². The van der Waals surface area contributed by atoms with E-state index in [4.69, 9.17) is 4.74 Å². The fraction of sp³-hybridized carbons (Fsp3) is 0.909. The number of rotatable bonds is 4. The summed E-state index contributed by atoms with van der Waals surface area (Å²) in [5.41, 5.74) is 0. The monoisotopic (exact) mass is 199 g/mol. The Kier molecular flexibility index (Phi) is 4.39. The van der Waals surface area contributed by atoms with Gasteiger partial charge in [-0.3, -0.25) is 4.79 Å². The minimum Gasteiger partial charge on any atom is -0.373 e. The van der Waals surface area contributed by atoms with E-state index >= 15 is 0 Å². The second-order valence-corrected chi connectivity index (χ2v) is 4.11. The lowest BCUT2D eigenvalue weighted by Crippen LogP contribution is -2.29. The van der Waals surface area contributed by atoms with Crippen molar-refractivity contribution in [3.8, 4) is 0 Å². The molecule has 1 aliphatic rings. The number of ether oxygens (including phenoxy) is 1. The van der Waals surface area contributed by atoms with Crippen LogP contribution in [0.1, 0.15) is 40.0 Å². The topological polar surface area (TPSA) is 29.5 Å². The Hall–Kier alpha value is -0.570. The van der Waals surface area contributed by atoms with Gasteiger partial charge in [-0.15, -0.1) is 0 Å². The zero-order chi connectivity index (χ0) is 10.6. The smallest absolute Gasteiger partial charge is 0.219 e. The van der Waals surface area contributed by atoms with E-state index in [9.17, 15) is 4.79 Å². The minimum atomic E-state index is 0.166. The number of carbonyl (C=O) groups is 1. The van der Waals surface area contributed by atoms with E-state index < -0.39 is 0 Å². The molecule has 0 N–H and O–H groups in total. The van der Waals surface area contributed by atoms with Gasteiger partial charge in [0.05, 0.1) is 12.2 Å². The first-order valence-electron chi connectivity index (χ1n) is 5.54. The molecule has 0 saturated carbocycles. The Morgan fingerprint density at radius 2 is 2.36 bits per heavy atom. The summed E-state index contributed by atoms with van der Waals surface area (Å²) in [6, 6.07) is 0. The molecular weight excluding hydrogens is 178 g/mol. The van der Waals surface area contributed by atoms with Crippen molar-refractivity contribution in [3.63, 3.8) is 0 Å². The molecule has 0 radical (unpaired) electrons. The van der Waals surface area contributed by atoms with E-state index in [2.05, 4.69) is 13.8 Å². The van der Waals surface area contributed by atoms with E-state index in [-0.39, 0.29) is 12.0 Å². The predicted octanol–water partition coefficient (Wildman–Crippen LogP) is 1.81. The maximum Gasteiger partial charge on any atom is 0.219 e. The Morgan fingerprint density at radius 3 is 2.86 bits per heavy atom. The fourth-order valence-corrected chi connectivity index (χ4v) is 1.93. The van der Waals surface area contributed by atoms with Crippen molar-refractivity contribution in [2.75, 3.05) is 13.1 Å². The summed E-state index contributed by atoms with van der Waals surface area (Å²) in [6.07, 6.45) is 3.85. The van der Waals surface area contributed by atoms with Crippen LogP contribution in [-0.4, -0.2) is 36.1 Å². The molecule has 1 unspecified atom stereocenters. The van der Waals surface area contributed by atoms with Gasteiger partial charge in [-0.1, -0.05) is 13.3 Å². The summed E-state index contributed by atoms with van der Waals surface area (Å²) >= 11 is 0. The molecular formula is C11H21NO2. The van der Waals surface area contributed by atoms with Gasteiger partial charge in [-0.05, 0) is 19.8 Å². The third-order valence-corrected chi connectivity index (χ3v) is 2.71. The molecule has 0 aromatic carbocycles. The van der Waals surface area contributed by atoms with Gasteiger partial charge in [0.25, 0.3) is 0 Å². The van der Waals surface area contributed by atoms with Crippen LogP contribution in [0.2, 0.25) is 0 Å². The second kappa shape index (κ2) is 5.35. The molecule has 0 aromatic rings. The highest BCUT2D eigenvalue weighted by Gasteiger charge is 2.25. The molecule has 82 valence electrons. The van der Waals surface area contributed by atoms with Crippen LogP contribution in [-0.2, 0) is 9.53 Å². The zero-order valence-electron chi connectivity index (χ0n) is 9.45. The van der Waals surface area contributed by atoms with Gasteiger partial charge in [0, 0.05) is 20.0 Å². The van der Waals surface area contributed by atoms with Gasteiger partial charge in [0.15, 0.2) is 0 Å². The zero-order valence-corrected chi connectivity index (χ0v) is 9.45. The Labute approximate surface area is 86.4 Å². The van der Waals surface area contributed by atoms with Crippen LogP contribution in [0.25, 0.3) is 0 Å². The molecule has 2 atom stereocenters. The first-order valence-corrected chi connectivity index (χ1v) is 5.54. The first kappa shape index (κ1) is 11.5. The summed E-state index contributed by atoms with van der Waals surface area (Å²) in [5, 5.41) is 0. The average Bonchev–Trinajstić information content (AvgIpc) is 2.53. The molecule has 0 aromatic heterocycles. The Morgan fingerprint density at radius 1 is 1.64 bits per heavy atom. The maximum absolute atomic E-state index is 11.1. The van der Waals surface area contributed by atoms with Crippen LogP contribution in [0, 0.1) is 0 Å². The van der Waals surface area contributed by atoms with Gasteiger partial charge in [0.1, 0.15) is 0 Å². The lowest BCUT2D eigenvalue weighted by Gasteiger charge is -2.18. The average molecular weight is 199 g/mol. The van der Waals surface area contributed by atoms with Crippen molar-refractivity contribution >= 4 is 5.91 Å². The van der Waals surface area contributed by atoms with Gasteiger partial charge in [-0.2, -0.15) is 0 Å². The summed E-state index contributed by atoms with van der Waals surface area (Å²) in [6.45, 7) is 7.54. The predicted molar refractivity (Wildman–Crippen MR) is 56.1 cm³/mol. The van der Waals surface area contributed by atoms with Gasteiger partial charge >= 0.3 is 0 Å². The van der Waals surface area contributed by atoms with Crippen LogP contribution in [0.5, 0.6) is 0 Å². The lowest BCUT2D eigenvalue weighted by molar-refractivity contribution is -0.128. The van der Waals surface area contributed by atoms with Crippen LogP contribution >= 0.6 is 0 Å².